The van der Waals surface area contributed by atoms with Gasteiger partial charge in [-0.25, -0.2) is 0 Å². The van der Waals surface area contributed by atoms with Gasteiger partial charge in [-0.3, -0.25) is 28.5 Å². The number of likely N-dealkylation sites (N-methyl/N-ethyl adjacent to an activating group) is 1. The van der Waals surface area contributed by atoms with Gasteiger partial charge in [-0.1, -0.05) is 6.08 Å². The molecule has 4 amide bonds. The summed E-state index contributed by atoms with van der Waals surface area (Å²) < 4.78 is 26.2. The summed E-state index contributed by atoms with van der Waals surface area (Å²) in [6.45, 7) is 12.1. The van der Waals surface area contributed by atoms with E-state index in [9.17, 15) is 24.3 Å². The van der Waals surface area contributed by atoms with Crippen molar-refractivity contribution in [3.05, 3.63) is 81.6 Å². The lowest BCUT2D eigenvalue weighted by atomic mass is 9.98. The van der Waals surface area contributed by atoms with E-state index in [0.717, 1.165) is 5.70 Å². The molecule has 7 rings (SSSR count). The second-order valence-electron chi connectivity index (χ2n) is 16.0. The van der Waals surface area contributed by atoms with E-state index < -0.39 is 41.6 Å². The topological polar surface area (TPSA) is 245 Å². The first-order chi connectivity index (χ1) is 29.4. The highest BCUT2D eigenvalue weighted by atomic mass is 16.8. The number of hydrogen-bond donors (Lipinski definition) is 3. The van der Waals surface area contributed by atoms with Crippen LogP contribution in [0.3, 0.4) is 0 Å². The number of guanidine groups is 1. The Morgan fingerprint density at radius 3 is 2.10 bits per heavy atom. The molecular formula is C42H54N12O8. The van der Waals surface area contributed by atoms with Crippen LogP contribution in [0.4, 0.5) is 0 Å². The summed E-state index contributed by atoms with van der Waals surface area (Å²) >= 11 is 0. The van der Waals surface area contributed by atoms with E-state index in [1.807, 2.05) is 25.7 Å². The van der Waals surface area contributed by atoms with Crippen LogP contribution in [0.2, 0.25) is 0 Å². The molecule has 1 aliphatic carbocycles. The van der Waals surface area contributed by atoms with E-state index >= 15 is 0 Å². The molecule has 3 atom stereocenters. The van der Waals surface area contributed by atoms with Gasteiger partial charge in [0.25, 0.3) is 11.8 Å². The molecule has 0 spiro atoms. The van der Waals surface area contributed by atoms with Gasteiger partial charge in [-0.05, 0) is 78.3 Å². The number of aliphatic imine (C=N–C) groups is 1. The van der Waals surface area contributed by atoms with Crippen LogP contribution >= 0.6 is 0 Å². The molecule has 5 heterocycles. The van der Waals surface area contributed by atoms with Crippen molar-refractivity contribution in [2.75, 3.05) is 26.8 Å². The van der Waals surface area contributed by atoms with E-state index in [2.05, 4.69) is 20.2 Å². The molecule has 2 saturated heterocycles. The summed E-state index contributed by atoms with van der Waals surface area (Å²) in [4.78, 5) is 66.0. The smallest absolute Gasteiger partial charge is 0.298 e. The highest BCUT2D eigenvalue weighted by molar-refractivity contribution is 6.04. The standard InChI is InChI=1S/C42H54N12O8/c1-9-53-30(16-23(3)47-53)38(58)45-40-49(7)28-18-25(36(43)56)12-13-27(28)51(40)21-33-34(62-42(5,6)61-33)22-52-35-29(19-26(37(44)57)20-32(35)60-15-11-14-55)50(8)41(52)46-39(59)31-17-24(4)48-54(31)10-2/h12,16-20,27,33-34,55H,9-11,13-15,21-22H2,1-8H3,(H2,43,56)(H2,44,57)/t27?,33-,34?/m1/s1. The van der Waals surface area contributed by atoms with Gasteiger partial charge < -0.3 is 49.7 Å². The second kappa shape index (κ2) is 17.2. The number of rotatable bonds is 14. The zero-order valence-corrected chi connectivity index (χ0v) is 36.3. The van der Waals surface area contributed by atoms with Crippen molar-refractivity contribution in [3.8, 4) is 5.75 Å². The van der Waals surface area contributed by atoms with Crippen molar-refractivity contribution < 1.29 is 38.5 Å². The number of nitrogens with two attached hydrogens (primary N) is 2. The van der Waals surface area contributed by atoms with Crippen molar-refractivity contribution in [2.45, 2.75) is 98.1 Å². The van der Waals surface area contributed by atoms with Crippen LogP contribution in [0.1, 0.15) is 83.3 Å². The SMILES string of the molecule is CCn1nc(C)cc1C(=O)N=C1N(C)C2=CC(C(N)=O)=CCC2N1C[C@H]1OC(C)(C)OC1Cn1c(=NC(=O)c2cc(C)nn2CC)n(C)c2cc(C(N)=O)cc(OCCCO)c21. The fourth-order valence-corrected chi connectivity index (χ4v) is 8.37. The van der Waals surface area contributed by atoms with E-state index in [1.54, 1.807) is 88.6 Å². The molecule has 2 unspecified atom stereocenters. The zero-order chi connectivity index (χ0) is 44.8. The number of carbonyl (C=O) groups is 4. The fraction of sp³-hybridized carbons (Fsp3) is 0.476. The number of carbonyl (C=O) groups excluding carboxylic acids is 4. The van der Waals surface area contributed by atoms with Gasteiger partial charge in [-0.15, -0.1) is 0 Å². The van der Waals surface area contributed by atoms with Gasteiger partial charge in [0.1, 0.15) is 34.9 Å². The quantitative estimate of drug-likeness (QED) is 0.153. The highest BCUT2D eigenvalue weighted by Crippen LogP contribution is 2.37. The Hall–Kier alpha value is -6.38. The number of primary amides is 2. The van der Waals surface area contributed by atoms with Gasteiger partial charge in [0.15, 0.2) is 5.79 Å². The number of imidazole rings is 1. The van der Waals surface area contributed by atoms with Crippen LogP contribution in [0.25, 0.3) is 11.0 Å². The summed E-state index contributed by atoms with van der Waals surface area (Å²) in [7, 11) is 3.51. The average molecular weight is 855 g/mol. The van der Waals surface area contributed by atoms with Crippen molar-refractivity contribution >= 4 is 40.6 Å². The second-order valence-corrected chi connectivity index (χ2v) is 16.0. The van der Waals surface area contributed by atoms with Crippen LogP contribution in [-0.2, 0) is 41.0 Å². The molecule has 1 aromatic carbocycles. The fourth-order valence-electron chi connectivity index (χ4n) is 8.37. The van der Waals surface area contributed by atoms with Gasteiger partial charge in [0.05, 0.1) is 42.6 Å². The highest BCUT2D eigenvalue weighted by Gasteiger charge is 2.47. The number of aliphatic hydroxyl groups is 1. The number of aryl methyl sites for hydroxylation is 5. The third kappa shape index (κ3) is 8.32. The van der Waals surface area contributed by atoms with Crippen LogP contribution < -0.4 is 21.8 Å². The number of aliphatic hydroxyl groups excluding tert-OH is 1. The molecule has 2 fully saturated rings. The molecular weight excluding hydrogens is 801 g/mol. The number of fused-ring (bicyclic) bond motifs is 2. The Morgan fingerprint density at radius 1 is 0.903 bits per heavy atom. The number of nitrogens with zero attached hydrogens (tertiary/aromatic N) is 10. The lowest BCUT2D eigenvalue weighted by Gasteiger charge is -2.30. The van der Waals surface area contributed by atoms with Crippen molar-refractivity contribution in [1.29, 1.82) is 0 Å². The average Bonchev–Trinajstić information content (AvgIpc) is 4.00. The minimum atomic E-state index is -1.09. The predicted molar refractivity (Wildman–Crippen MR) is 226 cm³/mol. The minimum Gasteiger partial charge on any atom is -0.491 e. The molecule has 0 radical (unpaired) electrons. The monoisotopic (exact) mass is 854 g/mol. The summed E-state index contributed by atoms with van der Waals surface area (Å²) in [5, 5.41) is 18.5. The lowest BCUT2D eigenvalue weighted by Crippen LogP contribution is -2.46. The summed E-state index contributed by atoms with van der Waals surface area (Å²) in [5.74, 6) is -2.77. The molecule has 4 aromatic rings. The van der Waals surface area contributed by atoms with Gasteiger partial charge in [-0.2, -0.15) is 20.2 Å². The maximum Gasteiger partial charge on any atom is 0.298 e. The first-order valence-electron chi connectivity index (χ1n) is 20.6. The van der Waals surface area contributed by atoms with E-state index in [4.69, 9.17) is 25.7 Å². The maximum absolute atomic E-state index is 14.1. The Bertz CT molecular complexity index is 2620. The van der Waals surface area contributed by atoms with E-state index in [1.165, 1.54) is 6.07 Å². The maximum atomic E-state index is 14.1. The van der Waals surface area contributed by atoms with Gasteiger partial charge >= 0.3 is 0 Å². The van der Waals surface area contributed by atoms with Crippen molar-refractivity contribution in [1.82, 2.24) is 38.5 Å². The molecule has 20 heteroatoms. The molecule has 3 aliphatic rings. The molecule has 20 nitrogen and oxygen atoms in total. The van der Waals surface area contributed by atoms with Crippen LogP contribution in [0.15, 0.2) is 57.7 Å². The summed E-state index contributed by atoms with van der Waals surface area (Å²) in [6, 6.07) is 6.16. The third-order valence-electron chi connectivity index (χ3n) is 11.2. The Balaban J connectivity index is 1.35. The van der Waals surface area contributed by atoms with Gasteiger partial charge in [0, 0.05) is 57.0 Å². The molecule has 62 heavy (non-hydrogen) atoms. The molecule has 330 valence electrons. The van der Waals surface area contributed by atoms with E-state index in [0.29, 0.717) is 71.3 Å². The Morgan fingerprint density at radius 2 is 1.52 bits per heavy atom. The number of ether oxygens (including phenoxy) is 3. The summed E-state index contributed by atoms with van der Waals surface area (Å²) in [6.07, 6.45) is 2.80. The van der Waals surface area contributed by atoms with Gasteiger partial charge in [0.2, 0.25) is 23.4 Å². The molecule has 5 N–H and O–H groups in total. The first-order valence-corrected chi connectivity index (χ1v) is 20.6. The molecule has 2 aliphatic heterocycles. The third-order valence-corrected chi connectivity index (χ3v) is 11.2. The molecule has 0 bridgehead atoms. The predicted octanol–water partition coefficient (Wildman–Crippen LogP) is 1.66. The van der Waals surface area contributed by atoms with Crippen LogP contribution in [0, 0.1) is 13.8 Å². The number of amides is 4. The normalized spacial score (nSPS) is 20.6. The summed E-state index contributed by atoms with van der Waals surface area (Å²) in [5.41, 5.74) is 15.9. The van der Waals surface area contributed by atoms with Crippen LogP contribution in [-0.4, -0.2) is 124 Å². The van der Waals surface area contributed by atoms with E-state index in [-0.39, 0.29) is 49.3 Å². The molecule has 3 aromatic heterocycles. The molecule has 0 saturated carbocycles. The van der Waals surface area contributed by atoms with Crippen molar-refractivity contribution in [2.24, 2.45) is 28.5 Å². The Labute approximate surface area is 357 Å². The minimum absolute atomic E-state index is 0.0685. The zero-order valence-electron chi connectivity index (χ0n) is 36.3. The first kappa shape index (κ1) is 43.7. The Kier molecular flexibility index (Phi) is 12.1. The van der Waals surface area contributed by atoms with Crippen molar-refractivity contribution in [3.63, 3.8) is 0 Å². The van der Waals surface area contributed by atoms with Crippen LogP contribution in [0.5, 0.6) is 5.75 Å². The number of hydrogen-bond acceptors (Lipinski definition) is 10. The lowest BCUT2D eigenvalue weighted by molar-refractivity contribution is -0.148. The largest absolute Gasteiger partial charge is 0.491 e. The number of benzene rings is 1. The number of aromatic nitrogens is 6.